The highest BCUT2D eigenvalue weighted by atomic mass is 127. The lowest BCUT2D eigenvalue weighted by Crippen LogP contribution is -2.02. The van der Waals surface area contributed by atoms with Gasteiger partial charge in [-0.2, -0.15) is 10.4 Å². The van der Waals surface area contributed by atoms with Crippen molar-refractivity contribution in [3.63, 3.8) is 0 Å². The van der Waals surface area contributed by atoms with Crippen LogP contribution in [0.4, 0.5) is 0 Å². The molecule has 0 heterocycles. The highest BCUT2D eigenvalue weighted by Gasteiger charge is 2.04. The molecule has 0 spiro atoms. The van der Waals surface area contributed by atoms with Gasteiger partial charge in [0.2, 0.25) is 0 Å². The number of nitrogens with two attached hydrogens (primary N) is 1. The number of aryl methyl sites for hydroxylation is 1. The normalized spacial score (nSPS) is 11.7. The SMILES string of the molecule is Cc1ccc(C(/N=C\I)=N/N)cc1C#N. The molecule has 4 nitrogen and oxygen atoms in total. The summed E-state index contributed by atoms with van der Waals surface area (Å²) in [5, 5.41) is 12.4. The number of hydrogen-bond acceptors (Lipinski definition) is 3. The maximum absolute atomic E-state index is 8.87. The Hall–Kier alpha value is -1.42. The molecule has 0 saturated heterocycles. The summed E-state index contributed by atoms with van der Waals surface area (Å²) in [6.45, 7) is 1.88. The molecule has 0 bridgehead atoms. The Morgan fingerprint density at radius 1 is 1.60 bits per heavy atom. The van der Waals surface area contributed by atoms with Gasteiger partial charge in [-0.25, -0.2) is 4.99 Å². The molecule has 2 N–H and O–H groups in total. The lowest BCUT2D eigenvalue weighted by atomic mass is 10.1. The predicted molar refractivity (Wildman–Crippen MR) is 69.1 cm³/mol. The minimum absolute atomic E-state index is 0.418. The fourth-order valence-corrected chi connectivity index (χ4v) is 1.37. The molecule has 0 radical (unpaired) electrons. The van der Waals surface area contributed by atoms with Crippen LogP contribution in [0.5, 0.6) is 0 Å². The van der Waals surface area contributed by atoms with Gasteiger partial charge in [-0.15, -0.1) is 0 Å². The van der Waals surface area contributed by atoms with Crippen molar-refractivity contribution in [1.82, 2.24) is 0 Å². The van der Waals surface area contributed by atoms with Crippen molar-refractivity contribution < 1.29 is 0 Å². The monoisotopic (exact) mass is 312 g/mol. The van der Waals surface area contributed by atoms with Crippen molar-refractivity contribution in [2.75, 3.05) is 0 Å². The van der Waals surface area contributed by atoms with Crippen molar-refractivity contribution in [3.8, 4) is 6.07 Å². The van der Waals surface area contributed by atoms with Crippen LogP contribution in [0.3, 0.4) is 0 Å². The summed E-state index contributed by atoms with van der Waals surface area (Å²) in [6, 6.07) is 7.52. The van der Waals surface area contributed by atoms with Crippen LogP contribution in [0.2, 0.25) is 0 Å². The van der Waals surface area contributed by atoms with Crippen molar-refractivity contribution in [3.05, 3.63) is 34.9 Å². The van der Waals surface area contributed by atoms with Crippen LogP contribution < -0.4 is 5.84 Å². The molecule has 0 atom stereocenters. The van der Waals surface area contributed by atoms with Gasteiger partial charge in [0.05, 0.1) is 15.9 Å². The molecule has 5 heteroatoms. The fourth-order valence-electron chi connectivity index (χ4n) is 1.11. The summed E-state index contributed by atoms with van der Waals surface area (Å²) in [6.07, 6.45) is 0. The van der Waals surface area contributed by atoms with Crippen molar-refractivity contribution >= 4 is 32.6 Å². The zero-order chi connectivity index (χ0) is 11.3. The van der Waals surface area contributed by atoms with Gasteiger partial charge >= 0.3 is 0 Å². The maximum atomic E-state index is 8.87. The van der Waals surface area contributed by atoms with Gasteiger partial charge in [-0.05, 0) is 41.1 Å². The topological polar surface area (TPSA) is 74.5 Å². The molecule has 1 aromatic rings. The molecule has 0 aromatic heterocycles. The zero-order valence-corrected chi connectivity index (χ0v) is 10.3. The molecule has 15 heavy (non-hydrogen) atoms. The van der Waals surface area contributed by atoms with E-state index in [0.29, 0.717) is 11.4 Å². The number of hydrogen-bond donors (Lipinski definition) is 1. The van der Waals surface area contributed by atoms with Crippen LogP contribution >= 0.6 is 22.6 Å². The maximum Gasteiger partial charge on any atom is 0.179 e. The van der Waals surface area contributed by atoms with Crippen molar-refractivity contribution in [2.45, 2.75) is 6.92 Å². The van der Waals surface area contributed by atoms with Crippen LogP contribution in [-0.2, 0) is 0 Å². The summed E-state index contributed by atoms with van der Waals surface area (Å²) >= 11 is 1.98. The third-order valence-electron chi connectivity index (χ3n) is 1.91. The number of amidine groups is 1. The highest BCUT2D eigenvalue weighted by Crippen LogP contribution is 2.11. The van der Waals surface area contributed by atoms with E-state index in [-0.39, 0.29) is 0 Å². The Balaban J connectivity index is 3.23. The van der Waals surface area contributed by atoms with Gasteiger partial charge in [0.15, 0.2) is 5.84 Å². The quantitative estimate of drug-likeness (QED) is 0.283. The van der Waals surface area contributed by atoms with E-state index in [9.17, 15) is 0 Å². The number of hydrazone groups is 1. The van der Waals surface area contributed by atoms with Crippen LogP contribution in [-0.4, -0.2) is 10.1 Å². The first-order chi connectivity index (χ1) is 7.22. The molecule has 1 rings (SSSR count). The number of rotatable bonds is 1. The van der Waals surface area contributed by atoms with E-state index in [2.05, 4.69) is 16.2 Å². The molecule has 0 aliphatic carbocycles. The van der Waals surface area contributed by atoms with Gasteiger partial charge in [-0.1, -0.05) is 12.1 Å². The van der Waals surface area contributed by atoms with Crippen LogP contribution in [0, 0.1) is 18.3 Å². The van der Waals surface area contributed by atoms with E-state index < -0.39 is 0 Å². The molecule has 0 saturated carbocycles. The average Bonchev–Trinajstić information content (AvgIpc) is 2.27. The Kier molecular flexibility index (Phi) is 4.24. The van der Waals surface area contributed by atoms with Gasteiger partial charge < -0.3 is 5.84 Å². The molecule has 0 amide bonds. The standard InChI is InChI=1S/C10H9IN4/c1-7-2-3-8(4-9(7)5-12)10(15-13)14-6-11/h2-4,6H,13H2,1H3/b14-6-,15-10-. The Bertz CT molecular complexity index is 457. The van der Waals surface area contributed by atoms with Gasteiger partial charge in [0.1, 0.15) is 0 Å². The molecule has 76 valence electrons. The lowest BCUT2D eigenvalue weighted by molar-refractivity contribution is 1.23. The van der Waals surface area contributed by atoms with E-state index >= 15 is 0 Å². The summed E-state index contributed by atoms with van der Waals surface area (Å²) in [4.78, 5) is 4.00. The number of aliphatic imine (C=N–C) groups is 1. The first-order valence-electron chi connectivity index (χ1n) is 4.14. The van der Waals surface area contributed by atoms with Gasteiger partial charge in [0, 0.05) is 5.56 Å². The summed E-state index contributed by atoms with van der Waals surface area (Å²) < 4.78 is 1.58. The van der Waals surface area contributed by atoms with Crippen LogP contribution in [0.25, 0.3) is 0 Å². The smallest absolute Gasteiger partial charge is 0.179 e. The number of halogens is 1. The van der Waals surface area contributed by atoms with E-state index in [1.165, 1.54) is 0 Å². The largest absolute Gasteiger partial charge is 0.321 e. The number of benzene rings is 1. The highest BCUT2D eigenvalue weighted by molar-refractivity contribution is 14.1. The Morgan fingerprint density at radius 3 is 2.87 bits per heavy atom. The third kappa shape index (κ3) is 2.76. The number of nitriles is 1. The van der Waals surface area contributed by atoms with Crippen molar-refractivity contribution in [2.24, 2.45) is 15.9 Å². The predicted octanol–water partition coefficient (Wildman–Crippen LogP) is 1.95. The first kappa shape index (κ1) is 11.7. The molecular formula is C10H9IN4. The molecular weight excluding hydrogens is 303 g/mol. The van der Waals surface area contributed by atoms with E-state index in [1.807, 2.05) is 41.6 Å². The minimum Gasteiger partial charge on any atom is -0.321 e. The van der Waals surface area contributed by atoms with Crippen molar-refractivity contribution in [1.29, 1.82) is 5.26 Å². The molecule has 0 unspecified atom stereocenters. The van der Waals surface area contributed by atoms with Crippen LogP contribution in [0.1, 0.15) is 16.7 Å². The molecule has 1 aromatic carbocycles. The van der Waals surface area contributed by atoms with Gasteiger partial charge in [0.25, 0.3) is 0 Å². The minimum atomic E-state index is 0.418. The third-order valence-corrected chi connectivity index (χ3v) is 2.19. The van der Waals surface area contributed by atoms with E-state index in [4.69, 9.17) is 11.1 Å². The summed E-state index contributed by atoms with van der Waals surface area (Å²) in [5.41, 5.74) is 2.28. The van der Waals surface area contributed by atoms with E-state index in [1.54, 1.807) is 10.3 Å². The second-order valence-electron chi connectivity index (χ2n) is 2.82. The number of nitrogens with zero attached hydrogens (tertiary/aromatic N) is 3. The second-order valence-corrected chi connectivity index (χ2v) is 3.38. The molecule has 0 fully saturated rings. The fraction of sp³-hybridized carbons (Fsp3) is 0.100. The lowest BCUT2D eigenvalue weighted by Gasteiger charge is -2.01. The van der Waals surface area contributed by atoms with Gasteiger partial charge in [-0.3, -0.25) is 0 Å². The second kappa shape index (κ2) is 5.46. The summed E-state index contributed by atoms with van der Waals surface area (Å²) in [5.74, 6) is 5.63. The van der Waals surface area contributed by atoms with Crippen LogP contribution in [0.15, 0.2) is 28.3 Å². The Labute approximate surface area is 102 Å². The first-order valence-corrected chi connectivity index (χ1v) is 5.39. The van der Waals surface area contributed by atoms with E-state index in [0.717, 1.165) is 11.1 Å². The molecule has 0 aliphatic rings. The molecule has 0 aliphatic heterocycles. The summed E-state index contributed by atoms with van der Waals surface area (Å²) in [7, 11) is 0. The average molecular weight is 312 g/mol. The zero-order valence-electron chi connectivity index (χ0n) is 8.11. The Morgan fingerprint density at radius 2 is 2.33 bits per heavy atom.